The van der Waals surface area contributed by atoms with Gasteiger partial charge in [0.15, 0.2) is 15.9 Å². The quantitative estimate of drug-likeness (QED) is 0.830. The van der Waals surface area contributed by atoms with Gasteiger partial charge in [-0.15, -0.1) is 0 Å². The molecule has 2 atom stereocenters. The van der Waals surface area contributed by atoms with Crippen LogP contribution in [0.1, 0.15) is 18.9 Å². The largest absolute Gasteiger partial charge is 0.452 e. The highest BCUT2D eigenvalue weighted by atomic mass is 35.5. The molecule has 1 aromatic rings. The molecule has 1 fully saturated rings. The molecule has 0 aliphatic carbocycles. The van der Waals surface area contributed by atoms with E-state index in [2.05, 4.69) is 5.32 Å². The first-order valence-electron chi connectivity index (χ1n) is 7.16. The van der Waals surface area contributed by atoms with Gasteiger partial charge in [-0.1, -0.05) is 17.7 Å². The van der Waals surface area contributed by atoms with Crippen molar-refractivity contribution < 1.29 is 22.7 Å². The zero-order valence-corrected chi connectivity index (χ0v) is 14.4. The van der Waals surface area contributed by atoms with Gasteiger partial charge < -0.3 is 10.1 Å². The molecular formula is C15H18ClNO5S. The summed E-state index contributed by atoms with van der Waals surface area (Å²) in [6.07, 6.45) is -0.785. The third kappa shape index (κ3) is 4.68. The molecule has 1 aliphatic rings. The molecule has 0 radical (unpaired) electrons. The minimum Gasteiger partial charge on any atom is -0.452 e. The van der Waals surface area contributed by atoms with Crippen molar-refractivity contribution in [2.75, 3.05) is 16.8 Å². The van der Waals surface area contributed by atoms with Crippen LogP contribution in [0.5, 0.6) is 0 Å². The number of benzene rings is 1. The van der Waals surface area contributed by atoms with Crippen molar-refractivity contribution in [1.82, 2.24) is 0 Å². The van der Waals surface area contributed by atoms with Crippen LogP contribution in [0, 0.1) is 12.8 Å². The van der Waals surface area contributed by atoms with E-state index in [4.69, 9.17) is 16.3 Å². The molecule has 8 heteroatoms. The maximum atomic E-state index is 12.1. The Kier molecular flexibility index (Phi) is 5.31. The number of halogens is 1. The minimum absolute atomic E-state index is 0.0188. The Balaban J connectivity index is 1.95. The Hall–Kier alpha value is -1.60. The summed E-state index contributed by atoms with van der Waals surface area (Å²) < 4.78 is 27.8. The molecule has 6 nitrogen and oxygen atoms in total. The molecule has 1 heterocycles. The molecule has 0 aromatic heterocycles. The number of hydrogen-bond donors (Lipinski definition) is 1. The van der Waals surface area contributed by atoms with Gasteiger partial charge in [-0.25, -0.2) is 8.42 Å². The molecule has 1 aromatic carbocycles. The summed E-state index contributed by atoms with van der Waals surface area (Å²) in [6, 6.07) is 5.07. The number of amides is 1. The number of sulfone groups is 1. The van der Waals surface area contributed by atoms with Crippen molar-refractivity contribution in [3.63, 3.8) is 0 Å². The fourth-order valence-electron chi connectivity index (χ4n) is 2.27. The molecule has 2 rings (SSSR count). The molecule has 0 unspecified atom stereocenters. The summed E-state index contributed by atoms with van der Waals surface area (Å²) in [7, 11) is -3.17. The third-order valence-corrected chi connectivity index (χ3v) is 5.69. The molecule has 126 valence electrons. The summed E-state index contributed by atoms with van der Waals surface area (Å²) in [6.45, 7) is 3.25. The van der Waals surface area contributed by atoms with Crippen molar-refractivity contribution in [1.29, 1.82) is 0 Å². The average molecular weight is 360 g/mol. The van der Waals surface area contributed by atoms with Gasteiger partial charge in [0.25, 0.3) is 5.91 Å². The Labute approximate surface area is 140 Å². The van der Waals surface area contributed by atoms with E-state index in [0.29, 0.717) is 10.7 Å². The van der Waals surface area contributed by atoms with Crippen molar-refractivity contribution in [3.05, 3.63) is 28.8 Å². The fraction of sp³-hybridized carbons (Fsp3) is 0.467. The van der Waals surface area contributed by atoms with Crippen molar-refractivity contribution in [2.45, 2.75) is 26.4 Å². The van der Waals surface area contributed by atoms with E-state index >= 15 is 0 Å². The monoisotopic (exact) mass is 359 g/mol. The SMILES string of the molecule is Cc1ccc(Cl)cc1NC(=O)[C@H](C)OC(=O)[C@@H]1CCS(=O)(=O)C1. The second kappa shape index (κ2) is 6.88. The van der Waals surface area contributed by atoms with Gasteiger partial charge in [0.1, 0.15) is 0 Å². The Morgan fingerprint density at radius 3 is 2.70 bits per heavy atom. The maximum absolute atomic E-state index is 12.1. The van der Waals surface area contributed by atoms with Crippen LogP contribution in [0.25, 0.3) is 0 Å². The van der Waals surface area contributed by atoms with E-state index < -0.39 is 33.7 Å². The van der Waals surface area contributed by atoms with E-state index in [-0.39, 0.29) is 17.9 Å². The second-order valence-corrected chi connectivity index (χ2v) is 8.29. The highest BCUT2D eigenvalue weighted by Crippen LogP contribution is 2.22. The Morgan fingerprint density at radius 1 is 1.39 bits per heavy atom. The summed E-state index contributed by atoms with van der Waals surface area (Å²) in [5.74, 6) is -2.08. The standard InChI is InChI=1S/C15H18ClNO5S/c1-9-3-4-12(16)7-13(9)17-14(18)10(2)22-15(19)11-5-6-23(20,21)8-11/h3-4,7,10-11H,5-6,8H2,1-2H3,(H,17,18)/t10-,11+/m0/s1. The molecule has 1 aliphatic heterocycles. The Morgan fingerprint density at radius 2 is 2.09 bits per heavy atom. The predicted octanol–water partition coefficient (Wildman–Crippen LogP) is 1.95. The van der Waals surface area contributed by atoms with Crippen LogP contribution in [-0.4, -0.2) is 37.9 Å². The molecule has 0 bridgehead atoms. The minimum atomic E-state index is -3.17. The fourth-order valence-corrected chi connectivity index (χ4v) is 4.17. The summed E-state index contributed by atoms with van der Waals surface area (Å²) >= 11 is 5.88. The number of nitrogens with one attached hydrogen (secondary N) is 1. The lowest BCUT2D eigenvalue weighted by Gasteiger charge is -2.16. The first-order chi connectivity index (χ1) is 10.7. The smallest absolute Gasteiger partial charge is 0.310 e. The molecule has 23 heavy (non-hydrogen) atoms. The second-order valence-electron chi connectivity index (χ2n) is 5.63. The normalized spacial score (nSPS) is 20.7. The Bertz CT molecular complexity index is 731. The van der Waals surface area contributed by atoms with Gasteiger partial charge in [-0.3, -0.25) is 9.59 Å². The zero-order chi connectivity index (χ0) is 17.2. The molecule has 0 saturated carbocycles. The topological polar surface area (TPSA) is 89.5 Å². The number of esters is 1. The highest BCUT2D eigenvalue weighted by molar-refractivity contribution is 7.91. The van der Waals surface area contributed by atoms with Crippen LogP contribution in [0.4, 0.5) is 5.69 Å². The van der Waals surface area contributed by atoms with Crippen molar-refractivity contribution in [2.24, 2.45) is 5.92 Å². The molecule has 1 amide bonds. The third-order valence-electron chi connectivity index (χ3n) is 3.69. The van der Waals surface area contributed by atoms with Crippen LogP contribution in [0.3, 0.4) is 0 Å². The first-order valence-corrected chi connectivity index (χ1v) is 9.36. The van der Waals surface area contributed by atoms with Gasteiger partial charge in [-0.2, -0.15) is 0 Å². The number of aryl methyl sites for hydroxylation is 1. The van der Waals surface area contributed by atoms with E-state index in [1.807, 2.05) is 6.92 Å². The van der Waals surface area contributed by atoms with Crippen molar-refractivity contribution >= 4 is 39.0 Å². The lowest BCUT2D eigenvalue weighted by molar-refractivity contribution is -0.156. The number of rotatable bonds is 4. The average Bonchev–Trinajstić information content (AvgIpc) is 2.83. The molecule has 1 N–H and O–H groups in total. The summed E-state index contributed by atoms with van der Waals surface area (Å²) in [5, 5.41) is 3.12. The van der Waals surface area contributed by atoms with E-state index in [1.54, 1.807) is 18.2 Å². The number of carbonyl (C=O) groups excluding carboxylic acids is 2. The number of ether oxygens (including phenoxy) is 1. The number of hydrogen-bond acceptors (Lipinski definition) is 5. The van der Waals surface area contributed by atoms with Crippen LogP contribution in [0.15, 0.2) is 18.2 Å². The zero-order valence-electron chi connectivity index (χ0n) is 12.8. The van der Waals surface area contributed by atoms with E-state index in [0.717, 1.165) is 5.56 Å². The summed E-state index contributed by atoms with van der Waals surface area (Å²) in [5.41, 5.74) is 1.36. The van der Waals surface area contributed by atoms with Gasteiger partial charge in [0, 0.05) is 10.7 Å². The van der Waals surface area contributed by atoms with Gasteiger partial charge in [0.05, 0.1) is 17.4 Å². The van der Waals surface area contributed by atoms with E-state index in [9.17, 15) is 18.0 Å². The van der Waals surface area contributed by atoms with Gasteiger partial charge >= 0.3 is 5.97 Å². The summed E-state index contributed by atoms with van der Waals surface area (Å²) in [4.78, 5) is 24.0. The maximum Gasteiger partial charge on any atom is 0.310 e. The molecule has 0 spiro atoms. The lowest BCUT2D eigenvalue weighted by atomic mass is 10.1. The molecular weight excluding hydrogens is 342 g/mol. The van der Waals surface area contributed by atoms with Gasteiger partial charge in [-0.05, 0) is 38.0 Å². The van der Waals surface area contributed by atoms with Crippen LogP contribution in [0.2, 0.25) is 5.02 Å². The highest BCUT2D eigenvalue weighted by Gasteiger charge is 2.35. The predicted molar refractivity (Wildman–Crippen MR) is 87.1 cm³/mol. The van der Waals surface area contributed by atoms with Crippen molar-refractivity contribution in [3.8, 4) is 0 Å². The van der Waals surface area contributed by atoms with Crippen LogP contribution in [-0.2, 0) is 24.2 Å². The van der Waals surface area contributed by atoms with E-state index in [1.165, 1.54) is 6.92 Å². The number of anilines is 1. The first kappa shape index (κ1) is 17.7. The number of carbonyl (C=O) groups is 2. The van der Waals surface area contributed by atoms with Crippen LogP contribution < -0.4 is 5.32 Å². The van der Waals surface area contributed by atoms with Gasteiger partial charge in [0.2, 0.25) is 0 Å². The van der Waals surface area contributed by atoms with Crippen LogP contribution >= 0.6 is 11.6 Å². The lowest BCUT2D eigenvalue weighted by Crippen LogP contribution is -2.32. The molecule has 1 saturated heterocycles.